The highest BCUT2D eigenvalue weighted by Gasteiger charge is 2.40. The molecule has 0 bridgehead atoms. The van der Waals surface area contributed by atoms with Crippen LogP contribution in [0.5, 0.6) is 0 Å². The van der Waals surface area contributed by atoms with Crippen LogP contribution in [0.25, 0.3) is 16.6 Å². The highest BCUT2D eigenvalue weighted by molar-refractivity contribution is 5.91. The molecule has 0 fully saturated rings. The molecule has 0 radical (unpaired) electrons. The summed E-state index contributed by atoms with van der Waals surface area (Å²) in [6, 6.07) is 8.11. The molecule has 18 heavy (non-hydrogen) atoms. The first kappa shape index (κ1) is 11.2. The summed E-state index contributed by atoms with van der Waals surface area (Å²) in [5, 5.41) is 0. The predicted octanol–water partition coefficient (Wildman–Crippen LogP) is 2.40. The number of imidazole rings is 1. The smallest absolute Gasteiger partial charge is 0.286 e. The minimum atomic E-state index is -0.133. The van der Waals surface area contributed by atoms with E-state index in [1.807, 2.05) is 12.1 Å². The molecule has 0 amide bonds. The Morgan fingerprint density at radius 1 is 1.28 bits per heavy atom. The summed E-state index contributed by atoms with van der Waals surface area (Å²) in [6.07, 6.45) is 0. The second-order valence-electron chi connectivity index (χ2n) is 5.06. The first-order valence-electron chi connectivity index (χ1n) is 6.21. The molecule has 0 spiro atoms. The van der Waals surface area contributed by atoms with E-state index in [1.165, 1.54) is 16.7 Å². The Bertz CT molecular complexity index is 707. The maximum Gasteiger partial charge on any atom is 0.286 e. The fraction of sp³-hybridized carbons (Fsp3) is 0.333. The molecule has 3 nitrogen and oxygen atoms in total. The molecule has 2 aromatic rings. The fourth-order valence-corrected chi connectivity index (χ4v) is 3.10. The van der Waals surface area contributed by atoms with Gasteiger partial charge in [-0.25, -0.2) is 9.13 Å². The SMILES string of the molecule is CC(=O)C1C(C)=C(C)c2n1c1ccccc1[n+]2C. The van der Waals surface area contributed by atoms with Crippen molar-refractivity contribution in [1.29, 1.82) is 0 Å². The van der Waals surface area contributed by atoms with Gasteiger partial charge < -0.3 is 0 Å². The number of nitrogens with zero attached hydrogens (tertiary/aromatic N) is 2. The van der Waals surface area contributed by atoms with Gasteiger partial charge in [0.25, 0.3) is 5.82 Å². The molecule has 92 valence electrons. The van der Waals surface area contributed by atoms with Crippen molar-refractivity contribution in [3.8, 4) is 0 Å². The number of hydrogen-bond acceptors (Lipinski definition) is 1. The van der Waals surface area contributed by atoms with Gasteiger partial charge in [-0.1, -0.05) is 12.1 Å². The van der Waals surface area contributed by atoms with Crippen molar-refractivity contribution in [2.45, 2.75) is 26.8 Å². The summed E-state index contributed by atoms with van der Waals surface area (Å²) in [6.45, 7) is 5.83. The summed E-state index contributed by atoms with van der Waals surface area (Å²) < 4.78 is 4.35. The summed E-state index contributed by atoms with van der Waals surface area (Å²) >= 11 is 0. The van der Waals surface area contributed by atoms with Crippen molar-refractivity contribution in [2.24, 2.45) is 7.05 Å². The van der Waals surface area contributed by atoms with Gasteiger partial charge in [0.05, 0.1) is 7.05 Å². The number of aryl methyl sites for hydroxylation is 1. The number of carbonyl (C=O) groups is 1. The number of hydrogen-bond donors (Lipinski definition) is 0. The zero-order valence-corrected chi connectivity index (χ0v) is 11.2. The molecular weight excluding hydrogens is 224 g/mol. The molecule has 1 aromatic heterocycles. The number of aromatic nitrogens is 2. The standard InChI is InChI=1S/C15H17N2O/c1-9-10(2)15-16(4)12-7-5-6-8-13(12)17(15)14(9)11(3)18/h5-8,14H,1-4H3/q+1. The Balaban J connectivity index is 2.46. The van der Waals surface area contributed by atoms with E-state index in [-0.39, 0.29) is 11.8 Å². The summed E-state index contributed by atoms with van der Waals surface area (Å²) in [5.41, 5.74) is 4.68. The highest BCUT2D eigenvalue weighted by atomic mass is 16.1. The summed E-state index contributed by atoms with van der Waals surface area (Å²) in [7, 11) is 2.06. The Hall–Kier alpha value is -1.90. The van der Waals surface area contributed by atoms with Gasteiger partial charge in [-0.05, 0) is 38.5 Å². The molecule has 0 saturated heterocycles. The van der Waals surface area contributed by atoms with E-state index in [4.69, 9.17) is 0 Å². The summed E-state index contributed by atoms with van der Waals surface area (Å²) in [4.78, 5) is 12.0. The van der Waals surface area contributed by atoms with Crippen LogP contribution in [0.1, 0.15) is 32.6 Å². The number of Topliss-reactive ketones (excluding diaryl/α,β-unsaturated/α-hetero) is 1. The number of para-hydroxylation sites is 2. The van der Waals surface area contributed by atoms with Gasteiger partial charge in [-0.15, -0.1) is 0 Å². The minimum absolute atomic E-state index is 0.133. The average molecular weight is 241 g/mol. The van der Waals surface area contributed by atoms with E-state index in [0.29, 0.717) is 0 Å². The van der Waals surface area contributed by atoms with Gasteiger partial charge in [-0.3, -0.25) is 4.79 Å². The van der Waals surface area contributed by atoms with Crippen LogP contribution in [0.15, 0.2) is 29.8 Å². The van der Waals surface area contributed by atoms with Crippen LogP contribution in [0, 0.1) is 0 Å². The monoisotopic (exact) mass is 241 g/mol. The molecule has 1 atom stereocenters. The first-order valence-corrected chi connectivity index (χ1v) is 6.21. The summed E-state index contributed by atoms with van der Waals surface area (Å²) in [5.74, 6) is 1.35. The third kappa shape index (κ3) is 1.19. The molecular formula is C15H17N2O+. The lowest BCUT2D eigenvalue weighted by atomic mass is 10.0. The lowest BCUT2D eigenvalue weighted by Crippen LogP contribution is -2.31. The van der Waals surface area contributed by atoms with Crippen LogP contribution in [0.4, 0.5) is 0 Å². The Kier molecular flexibility index (Phi) is 2.21. The molecule has 0 N–H and O–H groups in total. The van der Waals surface area contributed by atoms with Crippen molar-refractivity contribution in [1.82, 2.24) is 4.57 Å². The van der Waals surface area contributed by atoms with Crippen LogP contribution < -0.4 is 4.57 Å². The fourth-order valence-electron chi connectivity index (χ4n) is 3.10. The first-order chi connectivity index (χ1) is 8.54. The van der Waals surface area contributed by atoms with Gasteiger partial charge in [0.2, 0.25) is 0 Å². The topological polar surface area (TPSA) is 25.9 Å². The number of rotatable bonds is 1. The number of benzene rings is 1. The van der Waals surface area contributed by atoms with E-state index in [0.717, 1.165) is 11.3 Å². The molecule has 3 rings (SSSR count). The molecule has 1 aliphatic rings. The molecule has 1 unspecified atom stereocenters. The highest BCUT2D eigenvalue weighted by Crippen LogP contribution is 2.37. The van der Waals surface area contributed by atoms with Crippen LogP contribution in [0.3, 0.4) is 0 Å². The number of ketones is 1. The Labute approximate surface area is 106 Å². The van der Waals surface area contributed by atoms with Gasteiger partial charge in [-0.2, -0.15) is 0 Å². The number of fused-ring (bicyclic) bond motifs is 3. The van der Waals surface area contributed by atoms with Crippen molar-refractivity contribution in [2.75, 3.05) is 0 Å². The maximum atomic E-state index is 12.0. The third-order valence-electron chi connectivity index (χ3n) is 4.03. The number of allylic oxidation sites excluding steroid dienone is 2. The lowest BCUT2D eigenvalue weighted by molar-refractivity contribution is -0.648. The average Bonchev–Trinajstić information content (AvgIpc) is 2.77. The van der Waals surface area contributed by atoms with Crippen LogP contribution >= 0.6 is 0 Å². The van der Waals surface area contributed by atoms with Crippen LogP contribution in [0.2, 0.25) is 0 Å². The Morgan fingerprint density at radius 3 is 2.61 bits per heavy atom. The van der Waals surface area contributed by atoms with E-state index in [2.05, 4.69) is 42.2 Å². The quantitative estimate of drug-likeness (QED) is 0.704. The van der Waals surface area contributed by atoms with E-state index >= 15 is 0 Å². The molecule has 2 heterocycles. The van der Waals surface area contributed by atoms with Gasteiger partial charge in [0.15, 0.2) is 22.9 Å². The minimum Gasteiger partial charge on any atom is -0.295 e. The lowest BCUT2D eigenvalue weighted by Gasteiger charge is -2.06. The largest absolute Gasteiger partial charge is 0.295 e. The molecule has 1 aliphatic heterocycles. The van der Waals surface area contributed by atoms with Crippen molar-refractivity contribution in [3.63, 3.8) is 0 Å². The normalized spacial score (nSPS) is 18.6. The van der Waals surface area contributed by atoms with Gasteiger partial charge >= 0.3 is 0 Å². The van der Waals surface area contributed by atoms with Crippen molar-refractivity contribution in [3.05, 3.63) is 35.7 Å². The predicted molar refractivity (Wildman–Crippen MR) is 71.1 cm³/mol. The number of carbonyl (C=O) groups excluding carboxylic acids is 1. The molecule has 3 heteroatoms. The van der Waals surface area contributed by atoms with E-state index in [9.17, 15) is 4.79 Å². The van der Waals surface area contributed by atoms with E-state index < -0.39 is 0 Å². The second kappa shape index (κ2) is 3.55. The van der Waals surface area contributed by atoms with Crippen molar-refractivity contribution < 1.29 is 9.36 Å². The zero-order chi connectivity index (χ0) is 13.0. The Morgan fingerprint density at radius 2 is 1.94 bits per heavy atom. The molecule has 1 aromatic carbocycles. The molecule has 0 aliphatic carbocycles. The second-order valence-corrected chi connectivity index (χ2v) is 5.06. The van der Waals surface area contributed by atoms with Crippen LogP contribution in [-0.4, -0.2) is 10.4 Å². The van der Waals surface area contributed by atoms with Gasteiger partial charge in [0, 0.05) is 5.57 Å². The molecule has 0 saturated carbocycles. The maximum absolute atomic E-state index is 12.0. The van der Waals surface area contributed by atoms with E-state index in [1.54, 1.807) is 6.92 Å². The van der Waals surface area contributed by atoms with Gasteiger partial charge in [0.1, 0.15) is 0 Å². The third-order valence-corrected chi connectivity index (χ3v) is 4.03. The van der Waals surface area contributed by atoms with Crippen LogP contribution in [-0.2, 0) is 11.8 Å². The van der Waals surface area contributed by atoms with Crippen molar-refractivity contribution >= 4 is 22.4 Å². The zero-order valence-electron chi connectivity index (χ0n) is 11.2.